The summed E-state index contributed by atoms with van der Waals surface area (Å²) in [6, 6.07) is 7.79. The molecule has 0 aliphatic rings. The van der Waals surface area contributed by atoms with Gasteiger partial charge < -0.3 is 5.32 Å². The molecule has 1 heterocycles. The van der Waals surface area contributed by atoms with Crippen LogP contribution in [-0.4, -0.2) is 20.6 Å². The molecule has 1 amide bonds. The Bertz CT molecular complexity index is 691. The Kier molecular flexibility index (Phi) is 4.55. The predicted molar refractivity (Wildman–Crippen MR) is 83.0 cm³/mol. The molecule has 0 aliphatic carbocycles. The normalized spacial score (nSPS) is 12.0. The maximum atomic E-state index is 12.0. The van der Waals surface area contributed by atoms with Crippen molar-refractivity contribution >= 4 is 17.4 Å². The van der Waals surface area contributed by atoms with Crippen molar-refractivity contribution in [3.63, 3.8) is 0 Å². The molecule has 1 aromatic heterocycles. The Balaban J connectivity index is 2.31. The van der Waals surface area contributed by atoms with Gasteiger partial charge in [0.1, 0.15) is 5.82 Å². The van der Waals surface area contributed by atoms with Gasteiger partial charge in [-0.05, 0) is 25.5 Å². The fourth-order valence-corrected chi connectivity index (χ4v) is 1.94. The largest absolute Gasteiger partial charge is 0.310 e. The Labute approximate surface area is 128 Å². The molecule has 1 aromatic carbocycles. The van der Waals surface area contributed by atoms with E-state index in [0.29, 0.717) is 11.5 Å². The highest BCUT2D eigenvalue weighted by Crippen LogP contribution is 2.20. The molecule has 0 saturated carbocycles. The molecule has 7 heteroatoms. The van der Waals surface area contributed by atoms with Crippen LogP contribution in [0.25, 0.3) is 5.69 Å². The van der Waals surface area contributed by atoms with Crippen LogP contribution >= 0.6 is 0 Å². The number of nitrogens with one attached hydrogen (secondary N) is 1. The van der Waals surface area contributed by atoms with E-state index in [4.69, 9.17) is 0 Å². The zero-order valence-corrected chi connectivity index (χ0v) is 12.7. The summed E-state index contributed by atoms with van der Waals surface area (Å²) >= 11 is 0. The van der Waals surface area contributed by atoms with E-state index >= 15 is 0 Å². The number of nitro benzene ring substituents is 1. The third-order valence-electron chi connectivity index (χ3n) is 3.45. The monoisotopic (exact) mass is 302 g/mol. The first-order valence-electron chi connectivity index (χ1n) is 7.04. The van der Waals surface area contributed by atoms with Gasteiger partial charge in [0.25, 0.3) is 5.69 Å². The van der Waals surface area contributed by atoms with Gasteiger partial charge in [-0.15, -0.1) is 0 Å². The number of aryl methyl sites for hydroxylation is 1. The topological polar surface area (TPSA) is 90.1 Å². The lowest BCUT2D eigenvalue weighted by molar-refractivity contribution is -0.384. The molecule has 1 N–H and O–H groups in total. The number of nitrogens with zero attached hydrogens (tertiary/aromatic N) is 3. The van der Waals surface area contributed by atoms with Crippen molar-refractivity contribution in [2.75, 3.05) is 5.32 Å². The van der Waals surface area contributed by atoms with Gasteiger partial charge in [-0.2, -0.15) is 5.10 Å². The number of hydrogen-bond acceptors (Lipinski definition) is 4. The zero-order chi connectivity index (χ0) is 16.3. The molecule has 2 aromatic rings. The Morgan fingerprint density at radius 2 is 2.05 bits per heavy atom. The highest BCUT2D eigenvalue weighted by Gasteiger charge is 2.15. The summed E-state index contributed by atoms with van der Waals surface area (Å²) in [4.78, 5) is 22.3. The fourth-order valence-electron chi connectivity index (χ4n) is 1.94. The second-order valence-corrected chi connectivity index (χ2v) is 5.15. The van der Waals surface area contributed by atoms with Gasteiger partial charge in [-0.25, -0.2) is 4.68 Å². The third kappa shape index (κ3) is 3.30. The minimum Gasteiger partial charge on any atom is -0.310 e. The Morgan fingerprint density at radius 3 is 2.59 bits per heavy atom. The number of anilines is 1. The molecule has 22 heavy (non-hydrogen) atoms. The summed E-state index contributed by atoms with van der Waals surface area (Å²) in [5.41, 5.74) is 1.41. The third-order valence-corrected chi connectivity index (χ3v) is 3.45. The summed E-state index contributed by atoms with van der Waals surface area (Å²) in [6.45, 7) is 5.62. The highest BCUT2D eigenvalue weighted by atomic mass is 16.6. The smallest absolute Gasteiger partial charge is 0.269 e. The lowest BCUT2D eigenvalue weighted by Crippen LogP contribution is -2.21. The van der Waals surface area contributed by atoms with E-state index in [9.17, 15) is 14.9 Å². The minimum atomic E-state index is -0.455. The van der Waals surface area contributed by atoms with Gasteiger partial charge in [-0.3, -0.25) is 14.9 Å². The molecule has 116 valence electrons. The lowest BCUT2D eigenvalue weighted by atomic mass is 10.1. The quantitative estimate of drug-likeness (QED) is 0.679. The summed E-state index contributed by atoms with van der Waals surface area (Å²) in [6.07, 6.45) is 0.747. The minimum absolute atomic E-state index is 0.0119. The van der Waals surface area contributed by atoms with Crippen molar-refractivity contribution < 1.29 is 9.72 Å². The summed E-state index contributed by atoms with van der Waals surface area (Å²) < 4.78 is 1.57. The maximum Gasteiger partial charge on any atom is 0.269 e. The van der Waals surface area contributed by atoms with Crippen molar-refractivity contribution in [1.82, 2.24) is 9.78 Å². The first-order valence-corrected chi connectivity index (χ1v) is 7.04. The molecular weight excluding hydrogens is 284 g/mol. The number of carbonyl (C=O) groups is 1. The zero-order valence-electron chi connectivity index (χ0n) is 12.7. The van der Waals surface area contributed by atoms with Crippen LogP contribution in [0.5, 0.6) is 0 Å². The van der Waals surface area contributed by atoms with Crippen LogP contribution < -0.4 is 5.32 Å². The van der Waals surface area contributed by atoms with Crippen molar-refractivity contribution in [1.29, 1.82) is 0 Å². The Morgan fingerprint density at radius 1 is 1.41 bits per heavy atom. The SMILES string of the molecule is CCC(C)C(=O)Nc1cc(C)nn1-c1ccc([N+](=O)[O-])cc1. The van der Waals surface area contributed by atoms with Crippen LogP contribution in [-0.2, 0) is 4.79 Å². The lowest BCUT2D eigenvalue weighted by Gasteiger charge is -2.11. The summed E-state index contributed by atoms with van der Waals surface area (Å²) in [5.74, 6) is 0.378. The van der Waals surface area contributed by atoms with Crippen LogP contribution in [0.4, 0.5) is 11.5 Å². The van der Waals surface area contributed by atoms with Gasteiger partial charge in [0, 0.05) is 24.1 Å². The molecule has 0 fully saturated rings. The Hall–Kier alpha value is -2.70. The highest BCUT2D eigenvalue weighted by molar-refractivity contribution is 5.91. The fraction of sp³-hybridized carbons (Fsp3) is 0.333. The molecule has 0 bridgehead atoms. The van der Waals surface area contributed by atoms with Crippen LogP contribution in [0.2, 0.25) is 0 Å². The molecule has 7 nitrogen and oxygen atoms in total. The van der Waals surface area contributed by atoms with E-state index in [-0.39, 0.29) is 17.5 Å². The van der Waals surface area contributed by atoms with E-state index in [1.54, 1.807) is 22.9 Å². The van der Waals surface area contributed by atoms with E-state index in [1.165, 1.54) is 12.1 Å². The van der Waals surface area contributed by atoms with Gasteiger partial charge in [0.05, 0.1) is 16.3 Å². The number of carbonyl (C=O) groups excluding carboxylic acids is 1. The van der Waals surface area contributed by atoms with E-state index in [0.717, 1.165) is 12.1 Å². The van der Waals surface area contributed by atoms with Gasteiger partial charge in [0.15, 0.2) is 0 Å². The average Bonchev–Trinajstić information content (AvgIpc) is 2.86. The predicted octanol–water partition coefficient (Wildman–Crippen LogP) is 3.07. The van der Waals surface area contributed by atoms with Crippen LogP contribution in [0.3, 0.4) is 0 Å². The molecule has 0 aliphatic heterocycles. The average molecular weight is 302 g/mol. The van der Waals surface area contributed by atoms with Crippen molar-refractivity contribution in [2.24, 2.45) is 5.92 Å². The number of amides is 1. The standard InChI is InChI=1S/C15H18N4O3/c1-4-10(2)15(20)16-14-9-11(3)17-18(14)12-5-7-13(8-6-12)19(21)22/h5-10H,4H2,1-3H3,(H,16,20). The summed E-state index contributed by atoms with van der Waals surface area (Å²) in [7, 11) is 0. The number of non-ortho nitro benzene ring substituents is 1. The molecule has 0 radical (unpaired) electrons. The maximum absolute atomic E-state index is 12.0. The molecule has 1 unspecified atom stereocenters. The molecular formula is C15H18N4O3. The number of hydrogen-bond donors (Lipinski definition) is 1. The molecule has 0 saturated heterocycles. The molecule has 1 atom stereocenters. The van der Waals surface area contributed by atoms with Gasteiger partial charge in [0.2, 0.25) is 5.91 Å². The van der Waals surface area contributed by atoms with E-state index in [1.807, 2.05) is 20.8 Å². The van der Waals surface area contributed by atoms with Gasteiger partial charge in [-0.1, -0.05) is 13.8 Å². The van der Waals surface area contributed by atoms with Crippen molar-refractivity contribution in [2.45, 2.75) is 27.2 Å². The van der Waals surface area contributed by atoms with Crippen LogP contribution in [0, 0.1) is 23.0 Å². The molecule has 2 rings (SSSR count). The van der Waals surface area contributed by atoms with Crippen LogP contribution in [0.1, 0.15) is 26.0 Å². The number of rotatable bonds is 5. The second kappa shape index (κ2) is 6.38. The second-order valence-electron chi connectivity index (χ2n) is 5.15. The van der Waals surface area contributed by atoms with Crippen LogP contribution in [0.15, 0.2) is 30.3 Å². The van der Waals surface area contributed by atoms with E-state index < -0.39 is 4.92 Å². The summed E-state index contributed by atoms with van der Waals surface area (Å²) in [5, 5.41) is 17.9. The first kappa shape index (κ1) is 15.7. The van der Waals surface area contributed by atoms with Crippen molar-refractivity contribution in [3.05, 3.63) is 46.1 Å². The number of aromatic nitrogens is 2. The first-order chi connectivity index (χ1) is 10.4. The van der Waals surface area contributed by atoms with E-state index in [2.05, 4.69) is 10.4 Å². The number of nitro groups is 1. The van der Waals surface area contributed by atoms with Gasteiger partial charge >= 0.3 is 0 Å². The molecule has 0 spiro atoms. The van der Waals surface area contributed by atoms with Crippen molar-refractivity contribution in [3.8, 4) is 5.69 Å². The number of benzene rings is 1.